The number of hydrogen-bond donors (Lipinski definition) is 1. The lowest BCUT2D eigenvalue weighted by Gasteiger charge is -2.20. The van der Waals surface area contributed by atoms with E-state index in [0.717, 1.165) is 12.5 Å². The number of hydrogen-bond acceptors (Lipinski definition) is 1. The van der Waals surface area contributed by atoms with Crippen LogP contribution in [0.1, 0.15) is 44.6 Å². The Labute approximate surface area is 163 Å². The van der Waals surface area contributed by atoms with Crippen LogP contribution in [0, 0.1) is 5.92 Å². The largest absolute Gasteiger partial charge is 0.316 e. The third-order valence-corrected chi connectivity index (χ3v) is 5.87. The zero-order valence-corrected chi connectivity index (χ0v) is 16.3. The summed E-state index contributed by atoms with van der Waals surface area (Å²) in [6, 6.07) is 24.3. The van der Waals surface area contributed by atoms with Crippen LogP contribution >= 0.6 is 0 Å². The van der Waals surface area contributed by atoms with E-state index in [4.69, 9.17) is 0 Å². The van der Waals surface area contributed by atoms with Crippen molar-refractivity contribution in [3.8, 4) is 16.9 Å². The van der Waals surface area contributed by atoms with Gasteiger partial charge in [-0.2, -0.15) is 0 Å². The fourth-order valence-corrected chi connectivity index (χ4v) is 4.44. The molecule has 0 radical (unpaired) electrons. The maximum Gasteiger partial charge on any atom is 0.0528 e. The van der Waals surface area contributed by atoms with Gasteiger partial charge in [0.05, 0.1) is 11.4 Å². The molecular weight excluding hydrogens is 328 g/mol. The Hall–Kier alpha value is -2.32. The topological polar surface area (TPSA) is 17.0 Å². The lowest BCUT2D eigenvalue weighted by Crippen LogP contribution is -2.27. The molecule has 0 bridgehead atoms. The van der Waals surface area contributed by atoms with Gasteiger partial charge in [0.2, 0.25) is 0 Å². The number of nitrogens with zero attached hydrogens (tertiary/aromatic N) is 1. The third-order valence-electron chi connectivity index (χ3n) is 5.87. The van der Waals surface area contributed by atoms with Gasteiger partial charge in [0, 0.05) is 18.8 Å². The van der Waals surface area contributed by atoms with Crippen molar-refractivity contribution in [2.75, 3.05) is 0 Å². The molecule has 140 valence electrons. The molecule has 2 aromatic carbocycles. The van der Waals surface area contributed by atoms with Crippen LogP contribution in [0.4, 0.5) is 0 Å². The van der Waals surface area contributed by atoms with Crippen LogP contribution in [-0.4, -0.2) is 10.6 Å². The van der Waals surface area contributed by atoms with Gasteiger partial charge in [-0.3, -0.25) is 0 Å². The predicted molar refractivity (Wildman–Crippen MR) is 114 cm³/mol. The van der Waals surface area contributed by atoms with Gasteiger partial charge in [0.1, 0.15) is 0 Å². The molecule has 0 amide bonds. The molecule has 1 aliphatic rings. The number of nitrogens with one attached hydrogen (secondary N) is 1. The molecule has 1 fully saturated rings. The first-order valence-corrected chi connectivity index (χ1v) is 10.4. The minimum atomic E-state index is 0.569. The summed E-state index contributed by atoms with van der Waals surface area (Å²) in [5.41, 5.74) is 5.10. The molecule has 2 nitrogen and oxygen atoms in total. The summed E-state index contributed by atoms with van der Waals surface area (Å²) in [5.74, 6) is 0.928. The molecule has 4 rings (SSSR count). The highest BCUT2D eigenvalue weighted by Crippen LogP contribution is 2.29. The van der Waals surface area contributed by atoms with Crippen LogP contribution in [-0.2, 0) is 6.54 Å². The molecule has 1 aromatic heterocycles. The number of rotatable bonds is 7. The van der Waals surface area contributed by atoms with Gasteiger partial charge in [-0.25, -0.2) is 0 Å². The van der Waals surface area contributed by atoms with Gasteiger partial charge in [0.15, 0.2) is 0 Å². The molecule has 0 aliphatic heterocycles. The fourth-order valence-electron chi connectivity index (χ4n) is 4.44. The first-order chi connectivity index (χ1) is 13.3. The zero-order valence-electron chi connectivity index (χ0n) is 16.3. The van der Waals surface area contributed by atoms with Crippen molar-refractivity contribution in [2.45, 2.75) is 51.6 Å². The SMILES string of the molecule is C[C@@H](CC1CCCC1)NCc1ccccc1-n1cccc1-c1ccccc1. The second-order valence-electron chi connectivity index (χ2n) is 7.93. The zero-order chi connectivity index (χ0) is 18.5. The normalized spacial score (nSPS) is 15.9. The van der Waals surface area contributed by atoms with Crippen molar-refractivity contribution in [2.24, 2.45) is 5.92 Å². The molecule has 1 heterocycles. The molecule has 27 heavy (non-hydrogen) atoms. The lowest BCUT2D eigenvalue weighted by atomic mass is 9.99. The Kier molecular flexibility index (Phi) is 5.74. The summed E-state index contributed by atoms with van der Waals surface area (Å²) in [5, 5.41) is 3.77. The average molecular weight is 359 g/mol. The molecule has 0 saturated heterocycles. The third kappa shape index (κ3) is 4.33. The highest BCUT2D eigenvalue weighted by atomic mass is 15.0. The molecule has 0 spiro atoms. The van der Waals surface area contributed by atoms with Crippen LogP contribution in [0.5, 0.6) is 0 Å². The summed E-state index contributed by atoms with van der Waals surface area (Å²) in [6.45, 7) is 3.25. The van der Waals surface area contributed by atoms with E-state index >= 15 is 0 Å². The van der Waals surface area contributed by atoms with E-state index in [9.17, 15) is 0 Å². The summed E-state index contributed by atoms with van der Waals surface area (Å²) in [7, 11) is 0. The molecule has 2 heteroatoms. The van der Waals surface area contributed by atoms with Gasteiger partial charge in [-0.05, 0) is 48.6 Å². The standard InChI is InChI=1S/C25H30N2/c1-20(18-21-10-5-6-11-21)26-19-23-14-7-8-15-25(23)27-17-9-16-24(27)22-12-3-2-4-13-22/h2-4,7-9,12-17,20-21,26H,5-6,10-11,18-19H2,1H3/t20-/m0/s1. The Morgan fingerprint density at radius 2 is 1.67 bits per heavy atom. The van der Waals surface area contributed by atoms with Crippen LogP contribution < -0.4 is 5.32 Å². The number of benzene rings is 2. The average Bonchev–Trinajstić information content (AvgIpc) is 3.39. The quantitative estimate of drug-likeness (QED) is 0.532. The maximum absolute atomic E-state index is 3.77. The maximum atomic E-state index is 3.77. The van der Waals surface area contributed by atoms with Gasteiger partial charge >= 0.3 is 0 Å². The minimum absolute atomic E-state index is 0.569. The summed E-state index contributed by atoms with van der Waals surface area (Å²) in [4.78, 5) is 0. The molecule has 1 saturated carbocycles. The van der Waals surface area contributed by atoms with Crippen LogP contribution in [0.15, 0.2) is 72.9 Å². The Bertz CT molecular complexity index is 844. The second kappa shape index (κ2) is 8.58. The van der Waals surface area contributed by atoms with Crippen LogP contribution in [0.3, 0.4) is 0 Å². The molecule has 1 N–H and O–H groups in total. The van der Waals surface area contributed by atoms with Gasteiger partial charge in [-0.1, -0.05) is 74.2 Å². The van der Waals surface area contributed by atoms with E-state index in [0.29, 0.717) is 6.04 Å². The van der Waals surface area contributed by atoms with Crippen LogP contribution in [0.2, 0.25) is 0 Å². The van der Waals surface area contributed by atoms with Crippen molar-refractivity contribution in [1.82, 2.24) is 9.88 Å². The minimum Gasteiger partial charge on any atom is -0.316 e. The van der Waals surface area contributed by atoms with E-state index in [1.54, 1.807) is 0 Å². The smallest absolute Gasteiger partial charge is 0.0528 e. The summed E-state index contributed by atoms with van der Waals surface area (Å²) in [6.07, 6.45) is 9.18. The first-order valence-electron chi connectivity index (χ1n) is 10.4. The first kappa shape index (κ1) is 18.1. The number of para-hydroxylation sites is 1. The Balaban J connectivity index is 1.51. The Morgan fingerprint density at radius 1 is 0.926 bits per heavy atom. The van der Waals surface area contributed by atoms with E-state index < -0.39 is 0 Å². The van der Waals surface area contributed by atoms with Gasteiger partial charge < -0.3 is 9.88 Å². The van der Waals surface area contributed by atoms with Gasteiger partial charge in [-0.15, -0.1) is 0 Å². The highest BCUT2D eigenvalue weighted by molar-refractivity contribution is 5.63. The predicted octanol–water partition coefficient (Wildman–Crippen LogP) is 6.20. The van der Waals surface area contributed by atoms with Crippen molar-refractivity contribution in [3.05, 3.63) is 78.5 Å². The van der Waals surface area contributed by atoms with Crippen molar-refractivity contribution >= 4 is 0 Å². The molecule has 1 aliphatic carbocycles. The van der Waals surface area contributed by atoms with E-state index in [1.165, 1.54) is 54.6 Å². The molecular formula is C25H30N2. The molecule has 1 atom stereocenters. The van der Waals surface area contributed by atoms with Crippen molar-refractivity contribution in [1.29, 1.82) is 0 Å². The Morgan fingerprint density at radius 3 is 2.48 bits per heavy atom. The summed E-state index contributed by atoms with van der Waals surface area (Å²) < 4.78 is 2.31. The van der Waals surface area contributed by atoms with Gasteiger partial charge in [0.25, 0.3) is 0 Å². The van der Waals surface area contributed by atoms with Crippen molar-refractivity contribution in [3.63, 3.8) is 0 Å². The number of aromatic nitrogens is 1. The van der Waals surface area contributed by atoms with Crippen molar-refractivity contribution < 1.29 is 0 Å². The van der Waals surface area contributed by atoms with E-state index in [2.05, 4.69) is 89.7 Å². The van der Waals surface area contributed by atoms with E-state index in [-0.39, 0.29) is 0 Å². The lowest BCUT2D eigenvalue weighted by molar-refractivity contribution is 0.404. The fraction of sp³-hybridized carbons (Fsp3) is 0.360. The second-order valence-corrected chi connectivity index (χ2v) is 7.93. The molecule has 3 aromatic rings. The van der Waals surface area contributed by atoms with Crippen LogP contribution in [0.25, 0.3) is 16.9 Å². The van der Waals surface area contributed by atoms with E-state index in [1.807, 2.05) is 0 Å². The highest BCUT2D eigenvalue weighted by Gasteiger charge is 2.18. The monoisotopic (exact) mass is 358 g/mol. The summed E-state index contributed by atoms with van der Waals surface area (Å²) >= 11 is 0. The molecule has 0 unspecified atom stereocenters.